The number of carbonyl (C=O) groups is 1. The first kappa shape index (κ1) is 14.4. The summed E-state index contributed by atoms with van der Waals surface area (Å²) in [5.74, 6) is 0.0461. The maximum absolute atomic E-state index is 11.2. The quantitative estimate of drug-likeness (QED) is 0.701. The van der Waals surface area contributed by atoms with Crippen LogP contribution in [0.1, 0.15) is 38.1 Å². The van der Waals surface area contributed by atoms with E-state index in [1.54, 1.807) is 12.1 Å². The fourth-order valence-electron chi connectivity index (χ4n) is 1.46. The highest BCUT2D eigenvalue weighted by Crippen LogP contribution is 2.28. The van der Waals surface area contributed by atoms with Crippen molar-refractivity contribution in [3.05, 3.63) is 23.8 Å². The zero-order valence-electron chi connectivity index (χ0n) is 11.6. The molecule has 1 rings (SSSR count). The molecule has 18 heavy (non-hydrogen) atoms. The Bertz CT molecular complexity index is 439. The van der Waals surface area contributed by atoms with Crippen molar-refractivity contribution < 1.29 is 4.79 Å². The van der Waals surface area contributed by atoms with Gasteiger partial charge in [-0.1, -0.05) is 33.8 Å². The molecule has 0 aliphatic heterocycles. The number of anilines is 2. The van der Waals surface area contributed by atoms with Gasteiger partial charge in [0.2, 0.25) is 0 Å². The van der Waals surface area contributed by atoms with Crippen LogP contribution in [0.3, 0.4) is 0 Å². The largest absolute Gasteiger partial charge is 0.396 e. The third kappa shape index (κ3) is 3.15. The lowest BCUT2D eigenvalue weighted by Gasteiger charge is -2.30. The lowest BCUT2D eigenvalue weighted by molar-refractivity contribution is 0.100. The van der Waals surface area contributed by atoms with Crippen molar-refractivity contribution in [1.29, 1.82) is 0 Å². The van der Waals surface area contributed by atoms with Crippen LogP contribution in [0.25, 0.3) is 0 Å². The Kier molecular flexibility index (Phi) is 4.22. The Balaban J connectivity index is 2.87. The molecule has 1 aromatic rings. The van der Waals surface area contributed by atoms with Gasteiger partial charge in [0.1, 0.15) is 0 Å². The maximum Gasteiger partial charge on any atom is 0.250 e. The average Bonchev–Trinajstić information content (AvgIpc) is 2.27. The Morgan fingerprint density at radius 2 is 2.00 bits per heavy atom. The molecule has 0 saturated carbocycles. The second-order valence-electron chi connectivity index (χ2n) is 5.63. The van der Waals surface area contributed by atoms with Crippen molar-refractivity contribution >= 4 is 17.3 Å². The minimum Gasteiger partial charge on any atom is -0.396 e. The zero-order chi connectivity index (χ0) is 13.9. The third-order valence-electron chi connectivity index (χ3n) is 3.67. The van der Waals surface area contributed by atoms with Crippen molar-refractivity contribution in [3.63, 3.8) is 0 Å². The Morgan fingerprint density at radius 3 is 2.50 bits per heavy atom. The van der Waals surface area contributed by atoms with Crippen LogP contribution in [0.4, 0.5) is 11.4 Å². The van der Waals surface area contributed by atoms with Gasteiger partial charge in [0.05, 0.1) is 16.9 Å². The number of nitrogens with one attached hydrogen (secondary N) is 1. The SMILES string of the molecule is CC(C)C(C)(C)CNc1cccc(C(N)=O)c1N. The van der Waals surface area contributed by atoms with Gasteiger partial charge in [-0.15, -0.1) is 0 Å². The minimum atomic E-state index is -0.501. The Hall–Kier alpha value is -1.71. The second-order valence-corrected chi connectivity index (χ2v) is 5.63. The third-order valence-corrected chi connectivity index (χ3v) is 3.67. The van der Waals surface area contributed by atoms with Crippen LogP contribution < -0.4 is 16.8 Å². The van der Waals surface area contributed by atoms with Crippen molar-refractivity contribution in [2.45, 2.75) is 27.7 Å². The van der Waals surface area contributed by atoms with E-state index in [1.165, 1.54) is 0 Å². The standard InChI is InChI=1S/C14H23N3O/c1-9(2)14(3,4)8-17-11-7-5-6-10(12(11)15)13(16)18/h5-7,9,17H,8,15H2,1-4H3,(H2,16,18). The summed E-state index contributed by atoms with van der Waals surface area (Å²) in [6.45, 7) is 9.55. The predicted molar refractivity (Wildman–Crippen MR) is 76.5 cm³/mol. The van der Waals surface area contributed by atoms with Gasteiger partial charge >= 0.3 is 0 Å². The number of nitrogens with two attached hydrogens (primary N) is 2. The summed E-state index contributed by atoms with van der Waals surface area (Å²) in [7, 11) is 0. The number of hydrogen-bond donors (Lipinski definition) is 3. The van der Waals surface area contributed by atoms with E-state index in [0.29, 0.717) is 17.2 Å². The number of amides is 1. The molecule has 0 spiro atoms. The normalized spacial score (nSPS) is 11.6. The molecule has 0 radical (unpaired) electrons. The first-order valence-corrected chi connectivity index (χ1v) is 6.18. The van der Waals surface area contributed by atoms with Crippen LogP contribution in [0.2, 0.25) is 0 Å². The summed E-state index contributed by atoms with van der Waals surface area (Å²) in [6, 6.07) is 5.27. The van der Waals surface area contributed by atoms with Crippen LogP contribution >= 0.6 is 0 Å². The van der Waals surface area contributed by atoms with E-state index in [0.717, 1.165) is 12.2 Å². The van der Waals surface area contributed by atoms with Crippen molar-refractivity contribution in [2.24, 2.45) is 17.1 Å². The fraction of sp³-hybridized carbons (Fsp3) is 0.500. The lowest BCUT2D eigenvalue weighted by atomic mass is 9.81. The molecule has 0 saturated heterocycles. The van der Waals surface area contributed by atoms with E-state index in [4.69, 9.17) is 11.5 Å². The molecular weight excluding hydrogens is 226 g/mol. The molecule has 0 unspecified atom stereocenters. The molecular formula is C14H23N3O. The molecule has 0 aliphatic carbocycles. The molecule has 0 aromatic heterocycles. The number of para-hydroxylation sites is 1. The van der Waals surface area contributed by atoms with E-state index in [2.05, 4.69) is 33.0 Å². The number of primary amides is 1. The molecule has 0 heterocycles. The molecule has 0 aliphatic rings. The van der Waals surface area contributed by atoms with Crippen molar-refractivity contribution in [2.75, 3.05) is 17.6 Å². The van der Waals surface area contributed by atoms with Gasteiger partial charge in [-0.2, -0.15) is 0 Å². The fourth-order valence-corrected chi connectivity index (χ4v) is 1.46. The highest BCUT2D eigenvalue weighted by atomic mass is 16.1. The van der Waals surface area contributed by atoms with Gasteiger partial charge < -0.3 is 16.8 Å². The Labute approximate surface area is 109 Å². The van der Waals surface area contributed by atoms with Gasteiger partial charge in [-0.05, 0) is 23.5 Å². The van der Waals surface area contributed by atoms with Crippen LogP contribution in [0.5, 0.6) is 0 Å². The molecule has 0 fully saturated rings. The van der Waals surface area contributed by atoms with E-state index in [-0.39, 0.29) is 5.41 Å². The molecule has 1 aromatic carbocycles. The summed E-state index contributed by atoms with van der Waals surface area (Å²) in [6.07, 6.45) is 0. The van der Waals surface area contributed by atoms with E-state index in [1.807, 2.05) is 6.07 Å². The first-order chi connectivity index (χ1) is 8.25. The van der Waals surface area contributed by atoms with E-state index < -0.39 is 5.91 Å². The summed E-state index contributed by atoms with van der Waals surface area (Å²) in [5.41, 5.74) is 12.9. The minimum absolute atomic E-state index is 0.148. The molecule has 0 atom stereocenters. The average molecular weight is 249 g/mol. The number of carbonyl (C=O) groups excluding carboxylic acids is 1. The van der Waals surface area contributed by atoms with Gasteiger partial charge in [0, 0.05) is 6.54 Å². The summed E-state index contributed by atoms with van der Waals surface area (Å²) < 4.78 is 0. The van der Waals surface area contributed by atoms with Crippen molar-refractivity contribution in [1.82, 2.24) is 0 Å². The highest BCUT2D eigenvalue weighted by Gasteiger charge is 2.22. The predicted octanol–water partition coefficient (Wildman–Crippen LogP) is 2.46. The summed E-state index contributed by atoms with van der Waals surface area (Å²) in [4.78, 5) is 11.2. The molecule has 4 nitrogen and oxygen atoms in total. The number of rotatable bonds is 5. The van der Waals surface area contributed by atoms with Gasteiger partial charge in [0.15, 0.2) is 0 Å². The molecule has 100 valence electrons. The summed E-state index contributed by atoms with van der Waals surface area (Å²) >= 11 is 0. The van der Waals surface area contributed by atoms with E-state index in [9.17, 15) is 4.79 Å². The second kappa shape index (κ2) is 5.29. The smallest absolute Gasteiger partial charge is 0.250 e. The highest BCUT2D eigenvalue weighted by molar-refractivity contribution is 6.00. The van der Waals surface area contributed by atoms with Gasteiger partial charge in [-0.3, -0.25) is 4.79 Å². The monoisotopic (exact) mass is 249 g/mol. The van der Waals surface area contributed by atoms with Crippen LogP contribution in [-0.2, 0) is 0 Å². The van der Waals surface area contributed by atoms with Crippen molar-refractivity contribution in [3.8, 4) is 0 Å². The molecule has 4 heteroatoms. The zero-order valence-corrected chi connectivity index (χ0v) is 11.6. The van der Waals surface area contributed by atoms with Crippen LogP contribution in [-0.4, -0.2) is 12.5 Å². The molecule has 0 bridgehead atoms. The number of nitrogen functional groups attached to an aromatic ring is 1. The Morgan fingerprint density at radius 1 is 1.39 bits per heavy atom. The van der Waals surface area contributed by atoms with Gasteiger partial charge in [-0.25, -0.2) is 0 Å². The number of hydrogen-bond acceptors (Lipinski definition) is 3. The van der Waals surface area contributed by atoms with E-state index >= 15 is 0 Å². The van der Waals surface area contributed by atoms with Gasteiger partial charge in [0.25, 0.3) is 5.91 Å². The lowest BCUT2D eigenvalue weighted by Crippen LogP contribution is -2.29. The maximum atomic E-state index is 11.2. The van der Waals surface area contributed by atoms with Crippen LogP contribution in [0.15, 0.2) is 18.2 Å². The topological polar surface area (TPSA) is 81.1 Å². The molecule has 1 amide bonds. The number of benzene rings is 1. The van der Waals surface area contributed by atoms with Crippen LogP contribution in [0, 0.1) is 11.3 Å². The summed E-state index contributed by atoms with van der Waals surface area (Å²) in [5, 5.41) is 3.30. The first-order valence-electron chi connectivity index (χ1n) is 6.18. The molecule has 5 N–H and O–H groups in total.